The molecule has 4 aromatic rings. The van der Waals surface area contributed by atoms with E-state index < -0.39 is 6.04 Å². The molecule has 0 bridgehead atoms. The largest absolute Gasteiger partial charge is 0.464 e. The molecule has 1 atom stereocenters. The average molecular weight is 404 g/mol. The standard InChI is InChI=1S/C23H20N2O3S/c1-3-28-22(27)15(2)25-19-13-6-7-14-20(19)29-23(25)24-21(26)18-12-8-10-16-9-4-5-11-17(16)18/h4-15H,3H2,1-2H3. The van der Waals surface area contributed by atoms with Crippen LogP contribution in [0.2, 0.25) is 0 Å². The predicted molar refractivity (Wildman–Crippen MR) is 115 cm³/mol. The van der Waals surface area contributed by atoms with Gasteiger partial charge in [0.15, 0.2) is 4.80 Å². The van der Waals surface area contributed by atoms with Crippen LogP contribution < -0.4 is 4.80 Å². The molecule has 0 radical (unpaired) electrons. The number of rotatable bonds is 4. The second kappa shape index (κ2) is 8.01. The van der Waals surface area contributed by atoms with E-state index in [1.54, 1.807) is 24.5 Å². The first-order valence-corrected chi connectivity index (χ1v) is 10.3. The number of ether oxygens (including phenoxy) is 1. The maximum atomic E-state index is 13.1. The van der Waals surface area contributed by atoms with Crippen molar-refractivity contribution >= 4 is 44.2 Å². The van der Waals surface area contributed by atoms with Gasteiger partial charge in [0.1, 0.15) is 6.04 Å². The summed E-state index contributed by atoms with van der Waals surface area (Å²) >= 11 is 1.38. The van der Waals surface area contributed by atoms with E-state index in [-0.39, 0.29) is 11.9 Å². The third-order valence-corrected chi connectivity index (χ3v) is 5.80. The zero-order valence-electron chi connectivity index (χ0n) is 16.2. The van der Waals surface area contributed by atoms with Crippen LogP contribution in [0.3, 0.4) is 0 Å². The van der Waals surface area contributed by atoms with E-state index in [0.29, 0.717) is 17.0 Å². The molecule has 1 amide bonds. The minimum atomic E-state index is -0.592. The lowest BCUT2D eigenvalue weighted by Gasteiger charge is -2.13. The summed E-state index contributed by atoms with van der Waals surface area (Å²) in [6, 6.07) is 20.4. The fraction of sp³-hybridized carbons (Fsp3) is 0.174. The summed E-state index contributed by atoms with van der Waals surface area (Å²) in [5, 5.41) is 1.84. The molecule has 0 aliphatic heterocycles. The minimum absolute atomic E-state index is 0.299. The van der Waals surface area contributed by atoms with Crippen LogP contribution in [0.5, 0.6) is 0 Å². The Morgan fingerprint density at radius 3 is 2.59 bits per heavy atom. The van der Waals surface area contributed by atoms with E-state index in [0.717, 1.165) is 21.0 Å². The number of hydrogen-bond donors (Lipinski definition) is 0. The number of esters is 1. The van der Waals surface area contributed by atoms with Gasteiger partial charge in [-0.1, -0.05) is 59.9 Å². The lowest BCUT2D eigenvalue weighted by atomic mass is 10.0. The lowest BCUT2D eigenvalue weighted by Crippen LogP contribution is -2.27. The molecule has 0 fully saturated rings. The predicted octanol–water partition coefficient (Wildman–Crippen LogP) is 4.72. The Bertz CT molecular complexity index is 1280. The maximum absolute atomic E-state index is 13.1. The molecule has 1 aromatic heterocycles. The van der Waals surface area contributed by atoms with E-state index >= 15 is 0 Å². The number of thiazole rings is 1. The second-order valence-corrected chi connectivity index (χ2v) is 7.60. The zero-order valence-corrected chi connectivity index (χ0v) is 17.0. The third kappa shape index (κ3) is 3.59. The van der Waals surface area contributed by atoms with Gasteiger partial charge in [0, 0.05) is 5.56 Å². The molecule has 146 valence electrons. The monoisotopic (exact) mass is 404 g/mol. The van der Waals surface area contributed by atoms with Crippen molar-refractivity contribution in [2.75, 3.05) is 6.61 Å². The molecule has 3 aromatic carbocycles. The van der Waals surface area contributed by atoms with Gasteiger partial charge in [-0.3, -0.25) is 4.79 Å². The number of para-hydroxylation sites is 1. The number of carbonyl (C=O) groups is 2. The molecule has 1 unspecified atom stereocenters. The van der Waals surface area contributed by atoms with Crippen LogP contribution in [-0.2, 0) is 9.53 Å². The van der Waals surface area contributed by atoms with Gasteiger partial charge in [-0.2, -0.15) is 4.99 Å². The van der Waals surface area contributed by atoms with Gasteiger partial charge in [-0.15, -0.1) is 0 Å². The van der Waals surface area contributed by atoms with E-state index in [4.69, 9.17) is 4.74 Å². The highest BCUT2D eigenvalue weighted by molar-refractivity contribution is 7.16. The fourth-order valence-corrected chi connectivity index (χ4v) is 4.47. The number of hydrogen-bond acceptors (Lipinski definition) is 4. The van der Waals surface area contributed by atoms with Gasteiger partial charge in [0.25, 0.3) is 5.91 Å². The summed E-state index contributed by atoms with van der Waals surface area (Å²) in [6.07, 6.45) is 0. The molecule has 5 nitrogen and oxygen atoms in total. The quantitative estimate of drug-likeness (QED) is 0.462. The van der Waals surface area contributed by atoms with Crippen molar-refractivity contribution in [3.8, 4) is 0 Å². The first-order valence-electron chi connectivity index (χ1n) is 9.43. The van der Waals surface area contributed by atoms with Gasteiger partial charge in [0.2, 0.25) is 0 Å². The zero-order chi connectivity index (χ0) is 20.4. The van der Waals surface area contributed by atoms with Crippen LogP contribution in [0.4, 0.5) is 0 Å². The molecular formula is C23H20N2O3S. The summed E-state index contributed by atoms with van der Waals surface area (Å²) in [7, 11) is 0. The Hall–Kier alpha value is -3.25. The van der Waals surface area contributed by atoms with Crippen molar-refractivity contribution in [2.45, 2.75) is 19.9 Å². The number of fused-ring (bicyclic) bond motifs is 2. The Morgan fingerprint density at radius 2 is 1.76 bits per heavy atom. The van der Waals surface area contributed by atoms with Crippen molar-refractivity contribution in [2.24, 2.45) is 4.99 Å². The smallest absolute Gasteiger partial charge is 0.328 e. The normalized spacial score (nSPS) is 13.0. The first-order chi connectivity index (χ1) is 14.1. The molecule has 0 spiro atoms. The molecule has 6 heteroatoms. The number of carbonyl (C=O) groups excluding carboxylic acids is 2. The third-order valence-electron chi connectivity index (χ3n) is 4.76. The second-order valence-electron chi connectivity index (χ2n) is 6.59. The van der Waals surface area contributed by atoms with Crippen LogP contribution in [0, 0.1) is 0 Å². The van der Waals surface area contributed by atoms with Crippen molar-refractivity contribution in [3.05, 3.63) is 77.1 Å². The van der Waals surface area contributed by atoms with Gasteiger partial charge >= 0.3 is 5.97 Å². The molecule has 4 rings (SSSR count). The molecule has 0 N–H and O–H groups in total. The summed E-state index contributed by atoms with van der Waals surface area (Å²) < 4.78 is 7.93. The highest BCUT2D eigenvalue weighted by Crippen LogP contribution is 2.22. The van der Waals surface area contributed by atoms with Crippen molar-refractivity contribution < 1.29 is 14.3 Å². The Kier molecular flexibility index (Phi) is 5.27. The molecule has 0 aliphatic carbocycles. The summed E-state index contributed by atoms with van der Waals surface area (Å²) in [5.41, 5.74) is 1.39. The molecule has 0 aliphatic rings. The lowest BCUT2D eigenvalue weighted by molar-refractivity contribution is -0.146. The van der Waals surface area contributed by atoms with Crippen LogP contribution >= 0.6 is 11.3 Å². The summed E-state index contributed by atoms with van der Waals surface area (Å²) in [5.74, 6) is -0.687. The van der Waals surface area contributed by atoms with Gasteiger partial charge in [-0.25, -0.2) is 4.79 Å². The average Bonchev–Trinajstić information content (AvgIpc) is 3.10. The Labute approximate surface area is 171 Å². The molecular weight excluding hydrogens is 384 g/mol. The van der Waals surface area contributed by atoms with Crippen molar-refractivity contribution in [3.63, 3.8) is 0 Å². The van der Waals surface area contributed by atoms with Crippen LogP contribution in [0.15, 0.2) is 71.7 Å². The van der Waals surface area contributed by atoms with Gasteiger partial charge in [-0.05, 0) is 42.8 Å². The fourth-order valence-electron chi connectivity index (χ4n) is 3.37. The van der Waals surface area contributed by atoms with Gasteiger partial charge < -0.3 is 9.30 Å². The molecule has 29 heavy (non-hydrogen) atoms. The Morgan fingerprint density at radius 1 is 1.03 bits per heavy atom. The van der Waals surface area contributed by atoms with Gasteiger partial charge in [0.05, 0.1) is 16.8 Å². The highest BCUT2D eigenvalue weighted by Gasteiger charge is 2.21. The van der Waals surface area contributed by atoms with E-state index in [1.165, 1.54) is 11.3 Å². The van der Waals surface area contributed by atoms with E-state index in [2.05, 4.69) is 4.99 Å². The summed E-state index contributed by atoms with van der Waals surface area (Å²) in [6.45, 7) is 3.84. The number of aromatic nitrogens is 1. The van der Waals surface area contributed by atoms with Crippen LogP contribution in [0.1, 0.15) is 30.2 Å². The van der Waals surface area contributed by atoms with E-state index in [9.17, 15) is 9.59 Å². The summed E-state index contributed by atoms with van der Waals surface area (Å²) in [4.78, 5) is 30.4. The SMILES string of the molecule is CCOC(=O)C(C)n1c(=NC(=O)c2cccc3ccccc23)sc2ccccc21. The Balaban J connectivity index is 1.89. The topological polar surface area (TPSA) is 60.7 Å². The molecule has 0 saturated carbocycles. The molecule has 0 saturated heterocycles. The molecule has 1 heterocycles. The number of amides is 1. The number of benzene rings is 3. The van der Waals surface area contributed by atoms with Crippen molar-refractivity contribution in [1.82, 2.24) is 4.57 Å². The van der Waals surface area contributed by atoms with Crippen molar-refractivity contribution in [1.29, 1.82) is 0 Å². The number of nitrogens with zero attached hydrogens (tertiary/aromatic N) is 2. The first kappa shape index (κ1) is 19.1. The van der Waals surface area contributed by atoms with Crippen LogP contribution in [-0.4, -0.2) is 23.1 Å². The minimum Gasteiger partial charge on any atom is -0.464 e. The highest BCUT2D eigenvalue weighted by atomic mass is 32.1. The maximum Gasteiger partial charge on any atom is 0.328 e. The van der Waals surface area contributed by atoms with Crippen LogP contribution in [0.25, 0.3) is 21.0 Å². The van der Waals surface area contributed by atoms with E-state index in [1.807, 2.05) is 60.7 Å².